The fourth-order valence-electron chi connectivity index (χ4n) is 3.42. The summed E-state index contributed by atoms with van der Waals surface area (Å²) in [6.07, 6.45) is -8.95. The molecule has 1 saturated heterocycles. The van der Waals surface area contributed by atoms with Gasteiger partial charge in [-0.1, -0.05) is 0 Å². The Labute approximate surface area is 177 Å². The van der Waals surface area contributed by atoms with Crippen LogP contribution in [0.1, 0.15) is 18.9 Å². The Morgan fingerprint density at radius 3 is 2.55 bits per heavy atom. The quantitative estimate of drug-likeness (QED) is 0.262. The molecule has 31 heavy (non-hydrogen) atoms. The highest BCUT2D eigenvalue weighted by molar-refractivity contribution is 5.87. The summed E-state index contributed by atoms with van der Waals surface area (Å²) in [5, 5.41) is 49.9. The van der Waals surface area contributed by atoms with E-state index in [4.69, 9.17) is 23.4 Å². The third kappa shape index (κ3) is 4.76. The van der Waals surface area contributed by atoms with E-state index in [2.05, 4.69) is 0 Å². The molecule has 1 fully saturated rings. The van der Waals surface area contributed by atoms with E-state index in [9.17, 15) is 30.3 Å². The van der Waals surface area contributed by atoms with Crippen LogP contribution in [-0.4, -0.2) is 82.2 Å². The second-order valence-electron chi connectivity index (χ2n) is 7.01. The number of fused-ring (bicyclic) bond motifs is 1. The van der Waals surface area contributed by atoms with Crippen LogP contribution in [0.3, 0.4) is 0 Å². The molecular weight excluding hydrogens is 416 g/mol. The van der Waals surface area contributed by atoms with E-state index in [1.807, 2.05) is 0 Å². The molecule has 2 aromatic rings. The number of hydrogen-bond donors (Lipinski definition) is 5. The van der Waals surface area contributed by atoms with Crippen molar-refractivity contribution >= 4 is 16.9 Å². The number of carbonyl (C=O) groups is 1. The van der Waals surface area contributed by atoms with Crippen molar-refractivity contribution in [3.8, 4) is 11.5 Å². The third-order valence-electron chi connectivity index (χ3n) is 4.97. The summed E-state index contributed by atoms with van der Waals surface area (Å²) in [5.74, 6) is -0.206. The lowest BCUT2D eigenvalue weighted by Crippen LogP contribution is -2.62. The van der Waals surface area contributed by atoms with Crippen molar-refractivity contribution in [1.82, 2.24) is 0 Å². The number of ether oxygens (including phenoxy) is 4. The van der Waals surface area contributed by atoms with Gasteiger partial charge in [0.1, 0.15) is 24.4 Å². The molecule has 5 N–H and O–H groups in total. The van der Waals surface area contributed by atoms with Crippen LogP contribution in [0, 0.1) is 0 Å². The molecule has 0 amide bonds. The first-order chi connectivity index (χ1) is 14.8. The molecule has 0 saturated carbocycles. The molecule has 0 spiro atoms. The van der Waals surface area contributed by atoms with Crippen LogP contribution < -0.4 is 9.47 Å². The zero-order valence-electron chi connectivity index (χ0n) is 17.0. The normalized spacial score (nSPS) is 26.3. The van der Waals surface area contributed by atoms with E-state index in [-0.39, 0.29) is 30.9 Å². The Balaban J connectivity index is 1.96. The summed E-state index contributed by atoms with van der Waals surface area (Å²) in [7, 11) is 1.37. The fourth-order valence-corrected chi connectivity index (χ4v) is 3.42. The van der Waals surface area contributed by atoms with E-state index in [1.54, 1.807) is 19.1 Å². The minimum atomic E-state index is -2.14. The number of aliphatic hydroxyl groups excluding tert-OH is 4. The van der Waals surface area contributed by atoms with Gasteiger partial charge in [-0.25, -0.2) is 0 Å². The number of esters is 1. The largest absolute Gasteiger partial charge is 0.490 e. The van der Waals surface area contributed by atoms with Crippen molar-refractivity contribution in [3.63, 3.8) is 0 Å². The van der Waals surface area contributed by atoms with E-state index in [0.717, 1.165) is 0 Å². The first kappa shape index (κ1) is 23.3. The maximum atomic E-state index is 11.8. The average molecular weight is 442 g/mol. The monoisotopic (exact) mass is 442 g/mol. The van der Waals surface area contributed by atoms with Gasteiger partial charge in [0.25, 0.3) is 0 Å². The van der Waals surface area contributed by atoms with Gasteiger partial charge in [-0.15, -0.1) is 0 Å². The maximum Gasteiger partial charge on any atom is 0.306 e. The molecule has 0 radical (unpaired) electrons. The lowest BCUT2D eigenvalue weighted by atomic mass is 9.98. The van der Waals surface area contributed by atoms with Gasteiger partial charge in [0, 0.05) is 11.8 Å². The van der Waals surface area contributed by atoms with Crippen LogP contribution in [0.25, 0.3) is 11.0 Å². The minimum Gasteiger partial charge on any atom is -0.490 e. The van der Waals surface area contributed by atoms with Gasteiger partial charge < -0.3 is 48.9 Å². The molecule has 172 valence electrons. The Bertz CT molecular complexity index is 893. The molecule has 0 unspecified atom stereocenters. The van der Waals surface area contributed by atoms with Crippen LogP contribution in [0.4, 0.5) is 0 Å². The van der Waals surface area contributed by atoms with E-state index < -0.39 is 43.0 Å². The smallest absolute Gasteiger partial charge is 0.306 e. The van der Waals surface area contributed by atoms with E-state index >= 15 is 0 Å². The highest BCUT2D eigenvalue weighted by Crippen LogP contribution is 2.41. The summed E-state index contributed by atoms with van der Waals surface area (Å²) in [6, 6.07) is 3.40. The second kappa shape index (κ2) is 9.81. The molecule has 11 nitrogen and oxygen atoms in total. The first-order valence-corrected chi connectivity index (χ1v) is 9.73. The summed E-state index contributed by atoms with van der Waals surface area (Å²) in [6.45, 7) is 1.93. The molecule has 5 atom stereocenters. The molecule has 3 rings (SSSR count). The standard InChI is InChI=1S/C20H26O11/c1-3-28-11(21)5-4-9-8-10-6-7-29-15(10)18(27-2)16(9)30-20-14(24)12(22)13(23)17(31-20)19(25)26/h6-8,12-14,17,19-20,22-26H,3-5H2,1-2H3/t12-,13-,14+,17-,20-/m0/s1. The number of hydrogen-bond acceptors (Lipinski definition) is 11. The molecular formula is C20H26O11. The number of aliphatic hydroxyl groups is 5. The highest BCUT2D eigenvalue weighted by Gasteiger charge is 2.47. The van der Waals surface area contributed by atoms with Crippen molar-refractivity contribution in [1.29, 1.82) is 0 Å². The number of carbonyl (C=O) groups excluding carboxylic acids is 1. The van der Waals surface area contributed by atoms with Gasteiger partial charge in [-0.2, -0.15) is 0 Å². The Morgan fingerprint density at radius 1 is 1.16 bits per heavy atom. The van der Waals surface area contributed by atoms with Crippen molar-refractivity contribution in [3.05, 3.63) is 24.0 Å². The second-order valence-corrected chi connectivity index (χ2v) is 7.01. The number of benzene rings is 1. The van der Waals surface area contributed by atoms with Crippen LogP contribution >= 0.6 is 0 Å². The molecule has 11 heteroatoms. The van der Waals surface area contributed by atoms with Crippen molar-refractivity contribution in [2.45, 2.75) is 56.8 Å². The number of furan rings is 1. The van der Waals surface area contributed by atoms with Gasteiger partial charge in [0.15, 0.2) is 17.6 Å². The summed E-state index contributed by atoms with van der Waals surface area (Å²) < 4.78 is 26.9. The van der Waals surface area contributed by atoms with Crippen LogP contribution in [0.5, 0.6) is 11.5 Å². The number of methoxy groups -OCH3 is 1. The van der Waals surface area contributed by atoms with Crippen LogP contribution in [0.15, 0.2) is 22.8 Å². The van der Waals surface area contributed by atoms with Gasteiger partial charge in [0.2, 0.25) is 12.0 Å². The van der Waals surface area contributed by atoms with Crippen LogP contribution in [-0.2, 0) is 20.7 Å². The summed E-state index contributed by atoms with van der Waals surface area (Å²) in [5.41, 5.74) is 0.832. The van der Waals surface area contributed by atoms with Gasteiger partial charge >= 0.3 is 5.97 Å². The van der Waals surface area contributed by atoms with Crippen molar-refractivity contribution in [2.75, 3.05) is 13.7 Å². The molecule has 2 heterocycles. The van der Waals surface area contributed by atoms with E-state index in [0.29, 0.717) is 16.5 Å². The molecule has 0 aliphatic carbocycles. The predicted molar refractivity (Wildman–Crippen MR) is 103 cm³/mol. The fraction of sp³-hybridized carbons (Fsp3) is 0.550. The lowest BCUT2D eigenvalue weighted by Gasteiger charge is -2.40. The Hall–Kier alpha value is -2.41. The minimum absolute atomic E-state index is 0.0319. The van der Waals surface area contributed by atoms with Crippen molar-refractivity contribution < 1.29 is 53.7 Å². The zero-order chi connectivity index (χ0) is 22.7. The van der Waals surface area contributed by atoms with Gasteiger partial charge in [-0.3, -0.25) is 4.79 Å². The van der Waals surface area contributed by atoms with Gasteiger partial charge in [-0.05, 0) is 31.0 Å². The average Bonchev–Trinajstić information content (AvgIpc) is 3.20. The number of rotatable bonds is 8. The topological polar surface area (TPSA) is 168 Å². The predicted octanol–water partition coefficient (Wildman–Crippen LogP) is -0.566. The van der Waals surface area contributed by atoms with Gasteiger partial charge in [0.05, 0.1) is 20.0 Å². The van der Waals surface area contributed by atoms with Crippen molar-refractivity contribution in [2.24, 2.45) is 0 Å². The zero-order valence-corrected chi connectivity index (χ0v) is 17.0. The Morgan fingerprint density at radius 2 is 1.90 bits per heavy atom. The molecule has 1 aliphatic heterocycles. The molecule has 0 bridgehead atoms. The molecule has 1 aliphatic rings. The highest BCUT2D eigenvalue weighted by atomic mass is 16.7. The molecule has 1 aromatic carbocycles. The summed E-state index contributed by atoms with van der Waals surface area (Å²) in [4.78, 5) is 11.8. The third-order valence-corrected chi connectivity index (χ3v) is 4.97. The maximum absolute atomic E-state index is 11.8. The Kier molecular flexibility index (Phi) is 7.36. The van der Waals surface area contributed by atoms with Crippen LogP contribution in [0.2, 0.25) is 0 Å². The molecule has 1 aromatic heterocycles. The number of aryl methyl sites for hydroxylation is 1. The summed E-state index contributed by atoms with van der Waals surface area (Å²) >= 11 is 0. The van der Waals surface area contributed by atoms with E-state index in [1.165, 1.54) is 13.4 Å². The first-order valence-electron chi connectivity index (χ1n) is 9.73. The SMILES string of the molecule is CCOC(=O)CCc1cc2ccoc2c(OC)c1O[C@H]1O[C@H](C(O)O)[C@@H](O)[C@H](O)[C@H]1O. The lowest BCUT2D eigenvalue weighted by molar-refractivity contribution is -0.310.